The van der Waals surface area contributed by atoms with E-state index in [1.54, 1.807) is 11.9 Å². The highest BCUT2D eigenvalue weighted by Crippen LogP contribution is 2.20. The predicted molar refractivity (Wildman–Crippen MR) is 113 cm³/mol. The first kappa shape index (κ1) is 21.4. The van der Waals surface area contributed by atoms with Gasteiger partial charge in [-0.3, -0.25) is 9.59 Å². The summed E-state index contributed by atoms with van der Waals surface area (Å²) in [6.07, 6.45) is 2.60. The Hall–Kier alpha value is -1.89. The molecule has 2 amide bonds. The molecule has 0 aliphatic carbocycles. The Balaban J connectivity index is 0.00000261. The number of carbonyl (C=O) groups excluding carboxylic acids is 2. The van der Waals surface area contributed by atoms with Crippen molar-refractivity contribution in [1.29, 1.82) is 0 Å². The number of hydrogen-bond acceptors (Lipinski definition) is 4. The van der Waals surface area contributed by atoms with E-state index in [1.165, 1.54) is 11.3 Å². The SMILES string of the molecule is CN(Cc1ccccc1NC(=O)CCC1CCNC1)C(=O)c1cccs1.Cl. The Morgan fingerprint density at radius 2 is 2.07 bits per heavy atom. The topological polar surface area (TPSA) is 61.4 Å². The molecule has 1 fully saturated rings. The van der Waals surface area contributed by atoms with Crippen LogP contribution in [0.3, 0.4) is 0 Å². The van der Waals surface area contributed by atoms with E-state index >= 15 is 0 Å². The van der Waals surface area contributed by atoms with Crippen LogP contribution >= 0.6 is 23.7 Å². The van der Waals surface area contributed by atoms with Crippen LogP contribution in [0, 0.1) is 5.92 Å². The number of nitrogens with one attached hydrogen (secondary N) is 2. The molecule has 7 heteroatoms. The number of carbonyl (C=O) groups is 2. The number of hydrogen-bond donors (Lipinski definition) is 2. The number of thiophene rings is 1. The van der Waals surface area contributed by atoms with Gasteiger partial charge in [0, 0.05) is 25.7 Å². The van der Waals surface area contributed by atoms with Crippen LogP contribution in [0.15, 0.2) is 41.8 Å². The largest absolute Gasteiger partial charge is 0.337 e. The normalized spacial score (nSPS) is 15.8. The Morgan fingerprint density at radius 1 is 1.26 bits per heavy atom. The van der Waals surface area contributed by atoms with Gasteiger partial charge in [0.2, 0.25) is 5.91 Å². The molecule has 1 aromatic carbocycles. The Bertz CT molecular complexity index is 745. The van der Waals surface area contributed by atoms with Crippen molar-refractivity contribution in [2.24, 2.45) is 5.92 Å². The minimum absolute atomic E-state index is 0. The van der Waals surface area contributed by atoms with Crippen molar-refractivity contribution < 1.29 is 9.59 Å². The van der Waals surface area contributed by atoms with Gasteiger partial charge in [0.1, 0.15) is 0 Å². The average Bonchev–Trinajstić information content (AvgIpc) is 3.34. The molecule has 27 heavy (non-hydrogen) atoms. The second-order valence-electron chi connectivity index (χ2n) is 6.74. The molecule has 0 radical (unpaired) electrons. The summed E-state index contributed by atoms with van der Waals surface area (Å²) in [7, 11) is 1.79. The van der Waals surface area contributed by atoms with Crippen molar-refractivity contribution in [3.63, 3.8) is 0 Å². The Morgan fingerprint density at radius 3 is 2.78 bits per heavy atom. The highest BCUT2D eigenvalue weighted by atomic mass is 35.5. The van der Waals surface area contributed by atoms with Crippen molar-refractivity contribution >= 4 is 41.2 Å². The summed E-state index contributed by atoms with van der Waals surface area (Å²) in [5, 5.41) is 8.25. The summed E-state index contributed by atoms with van der Waals surface area (Å²) in [4.78, 5) is 27.2. The maximum absolute atomic E-state index is 12.4. The van der Waals surface area contributed by atoms with Gasteiger partial charge in [-0.25, -0.2) is 0 Å². The number of rotatable bonds is 7. The van der Waals surface area contributed by atoms with Crippen LogP contribution in [0.25, 0.3) is 0 Å². The summed E-state index contributed by atoms with van der Waals surface area (Å²) in [5.74, 6) is 0.636. The van der Waals surface area contributed by atoms with Gasteiger partial charge in [0.05, 0.1) is 4.88 Å². The molecule has 0 bridgehead atoms. The third-order valence-corrected chi connectivity index (χ3v) is 5.58. The number of benzene rings is 1. The lowest BCUT2D eigenvalue weighted by molar-refractivity contribution is -0.116. The highest BCUT2D eigenvalue weighted by Gasteiger charge is 2.17. The third kappa shape index (κ3) is 6.06. The first-order valence-corrected chi connectivity index (χ1v) is 9.89. The van der Waals surface area contributed by atoms with E-state index < -0.39 is 0 Å². The first-order chi connectivity index (χ1) is 12.6. The summed E-state index contributed by atoms with van der Waals surface area (Å²) in [5.41, 5.74) is 1.73. The monoisotopic (exact) mass is 407 g/mol. The molecule has 146 valence electrons. The zero-order valence-corrected chi connectivity index (χ0v) is 17.1. The molecule has 5 nitrogen and oxygen atoms in total. The lowest BCUT2D eigenvalue weighted by atomic mass is 10.0. The van der Waals surface area contributed by atoms with Crippen LogP contribution in [0.4, 0.5) is 5.69 Å². The third-order valence-electron chi connectivity index (χ3n) is 4.72. The first-order valence-electron chi connectivity index (χ1n) is 9.01. The Labute approximate surface area is 170 Å². The summed E-state index contributed by atoms with van der Waals surface area (Å²) < 4.78 is 0. The molecular formula is C20H26ClN3O2S. The highest BCUT2D eigenvalue weighted by molar-refractivity contribution is 7.12. The van der Waals surface area contributed by atoms with Crippen LogP contribution in [0.5, 0.6) is 0 Å². The second kappa shape index (κ2) is 10.4. The standard InChI is InChI=1S/C20H25N3O2S.ClH/c1-23(20(25)18-7-4-12-26-18)14-16-5-2-3-6-17(16)22-19(24)9-8-15-10-11-21-13-15;/h2-7,12,15,21H,8-11,13-14H2,1H3,(H,22,24);1H. The van der Waals surface area contributed by atoms with E-state index in [0.717, 1.165) is 42.1 Å². The molecule has 1 unspecified atom stereocenters. The van der Waals surface area contributed by atoms with E-state index in [1.807, 2.05) is 41.8 Å². The van der Waals surface area contributed by atoms with Crippen LogP contribution in [0.2, 0.25) is 0 Å². The maximum Gasteiger partial charge on any atom is 0.263 e. The minimum Gasteiger partial charge on any atom is -0.337 e. The molecular weight excluding hydrogens is 382 g/mol. The van der Waals surface area contributed by atoms with Crippen LogP contribution in [-0.2, 0) is 11.3 Å². The van der Waals surface area contributed by atoms with E-state index in [4.69, 9.17) is 0 Å². The molecule has 2 N–H and O–H groups in total. The van der Waals surface area contributed by atoms with E-state index in [-0.39, 0.29) is 24.2 Å². The maximum atomic E-state index is 12.4. The van der Waals surface area contributed by atoms with Crippen LogP contribution in [0.1, 0.15) is 34.5 Å². The van der Waals surface area contributed by atoms with Crippen molar-refractivity contribution in [3.05, 3.63) is 52.2 Å². The van der Waals surface area contributed by atoms with Crippen LogP contribution in [-0.4, -0.2) is 36.9 Å². The predicted octanol–water partition coefficient (Wildman–Crippen LogP) is 3.77. The summed E-state index contributed by atoms with van der Waals surface area (Å²) >= 11 is 1.44. The van der Waals surface area contributed by atoms with Gasteiger partial charge in [0.15, 0.2) is 0 Å². The molecule has 1 aliphatic rings. The molecule has 0 saturated carbocycles. The molecule has 2 aromatic rings. The number of para-hydroxylation sites is 1. The molecule has 1 saturated heterocycles. The van der Waals surface area contributed by atoms with Crippen molar-refractivity contribution in [3.8, 4) is 0 Å². The van der Waals surface area contributed by atoms with Crippen molar-refractivity contribution in [2.75, 3.05) is 25.5 Å². The molecule has 3 rings (SSSR count). The van der Waals surface area contributed by atoms with Gasteiger partial charge >= 0.3 is 0 Å². The van der Waals surface area contributed by atoms with Gasteiger partial charge in [0.25, 0.3) is 5.91 Å². The van der Waals surface area contributed by atoms with Crippen LogP contribution < -0.4 is 10.6 Å². The second-order valence-corrected chi connectivity index (χ2v) is 7.69. The number of halogens is 1. The van der Waals surface area contributed by atoms with Crippen molar-refractivity contribution in [1.82, 2.24) is 10.2 Å². The Kier molecular flexibility index (Phi) is 8.28. The quantitative estimate of drug-likeness (QED) is 0.734. The fraction of sp³-hybridized carbons (Fsp3) is 0.400. The zero-order chi connectivity index (χ0) is 18.4. The molecule has 0 spiro atoms. The lowest BCUT2D eigenvalue weighted by Gasteiger charge is -2.19. The van der Waals surface area contributed by atoms with Gasteiger partial charge in [-0.2, -0.15) is 0 Å². The molecule has 1 aromatic heterocycles. The van der Waals surface area contributed by atoms with Gasteiger partial charge in [-0.1, -0.05) is 24.3 Å². The van der Waals surface area contributed by atoms with Gasteiger partial charge < -0.3 is 15.5 Å². The minimum atomic E-state index is -0.00476. The average molecular weight is 408 g/mol. The molecule has 2 heterocycles. The number of nitrogens with zero attached hydrogens (tertiary/aromatic N) is 1. The molecule has 1 aliphatic heterocycles. The summed E-state index contributed by atoms with van der Waals surface area (Å²) in [6.45, 7) is 2.53. The fourth-order valence-electron chi connectivity index (χ4n) is 3.20. The lowest BCUT2D eigenvalue weighted by Crippen LogP contribution is -2.26. The van der Waals surface area contributed by atoms with E-state index in [0.29, 0.717) is 18.9 Å². The van der Waals surface area contributed by atoms with Gasteiger partial charge in [-0.05, 0) is 54.9 Å². The van der Waals surface area contributed by atoms with Gasteiger partial charge in [-0.15, -0.1) is 23.7 Å². The fourth-order valence-corrected chi connectivity index (χ4v) is 3.92. The van der Waals surface area contributed by atoms with E-state index in [9.17, 15) is 9.59 Å². The van der Waals surface area contributed by atoms with Crippen molar-refractivity contribution in [2.45, 2.75) is 25.8 Å². The smallest absolute Gasteiger partial charge is 0.263 e. The number of amides is 2. The molecule has 1 atom stereocenters. The zero-order valence-electron chi connectivity index (χ0n) is 15.4. The summed E-state index contributed by atoms with van der Waals surface area (Å²) in [6, 6.07) is 11.4. The number of anilines is 1. The van der Waals surface area contributed by atoms with E-state index in [2.05, 4.69) is 10.6 Å².